The lowest BCUT2D eigenvalue weighted by Gasteiger charge is -2.23. The molecule has 1 N–H and O–H groups in total. The zero-order valence-corrected chi connectivity index (χ0v) is 11.4. The normalized spacial score (nSPS) is 12.8. The second-order valence-corrected chi connectivity index (χ2v) is 4.28. The van der Waals surface area contributed by atoms with Crippen LogP contribution in [0, 0.1) is 0 Å². The Labute approximate surface area is 104 Å². The summed E-state index contributed by atoms with van der Waals surface area (Å²) in [5, 5.41) is 3.42. The molecule has 0 aliphatic heterocycles. The molecule has 1 unspecified atom stereocenters. The van der Waals surface area contributed by atoms with Gasteiger partial charge in [0.05, 0.1) is 0 Å². The third-order valence-electron chi connectivity index (χ3n) is 2.91. The van der Waals surface area contributed by atoms with E-state index in [2.05, 4.69) is 47.9 Å². The number of hydrogen-bond acceptors (Lipinski definition) is 4. The van der Waals surface area contributed by atoms with Crippen LogP contribution in [0.1, 0.15) is 33.4 Å². The third-order valence-corrected chi connectivity index (χ3v) is 2.91. The molecule has 1 heterocycles. The Morgan fingerprint density at radius 1 is 1.24 bits per heavy atom. The summed E-state index contributed by atoms with van der Waals surface area (Å²) >= 11 is 0. The molecule has 96 valence electrons. The van der Waals surface area contributed by atoms with Crippen LogP contribution in [0.3, 0.4) is 0 Å². The van der Waals surface area contributed by atoms with E-state index in [0.29, 0.717) is 6.04 Å². The van der Waals surface area contributed by atoms with Crippen molar-refractivity contribution in [2.45, 2.75) is 40.2 Å². The van der Waals surface area contributed by atoms with E-state index in [9.17, 15) is 0 Å². The first-order valence-electron chi connectivity index (χ1n) is 6.49. The van der Waals surface area contributed by atoms with Gasteiger partial charge in [-0.1, -0.05) is 20.8 Å². The van der Waals surface area contributed by atoms with Crippen LogP contribution in [0.5, 0.6) is 0 Å². The fourth-order valence-electron chi connectivity index (χ4n) is 1.84. The summed E-state index contributed by atoms with van der Waals surface area (Å²) in [6.45, 7) is 11.9. The lowest BCUT2D eigenvalue weighted by molar-refractivity contribution is 0.294. The van der Waals surface area contributed by atoms with Gasteiger partial charge in [0, 0.05) is 24.3 Å². The Hall–Kier alpha value is -1.16. The molecule has 1 aromatic heterocycles. The number of rotatable bonds is 7. The maximum Gasteiger partial charge on any atom is 0.129 e. The van der Waals surface area contributed by atoms with Crippen molar-refractivity contribution in [3.8, 4) is 0 Å². The van der Waals surface area contributed by atoms with Crippen LogP contribution < -0.4 is 5.32 Å². The fourth-order valence-corrected chi connectivity index (χ4v) is 1.84. The highest BCUT2D eigenvalue weighted by Gasteiger charge is 2.07. The van der Waals surface area contributed by atoms with Gasteiger partial charge in [-0.2, -0.15) is 0 Å². The lowest BCUT2D eigenvalue weighted by atomic mass is 10.2. The number of likely N-dealkylation sites (N-methyl/N-ethyl adjacent to an activating group) is 1. The molecule has 1 aromatic rings. The first kappa shape index (κ1) is 13.9. The Bertz CT molecular complexity index is 323. The van der Waals surface area contributed by atoms with E-state index in [4.69, 9.17) is 0 Å². The lowest BCUT2D eigenvalue weighted by Crippen LogP contribution is -2.34. The van der Waals surface area contributed by atoms with Crippen molar-refractivity contribution in [3.63, 3.8) is 0 Å². The largest absolute Gasteiger partial charge is 0.366 e. The summed E-state index contributed by atoms with van der Waals surface area (Å²) in [5.41, 5.74) is 1.08. The molecule has 0 spiro atoms. The smallest absolute Gasteiger partial charge is 0.129 e. The van der Waals surface area contributed by atoms with Crippen molar-refractivity contribution in [2.24, 2.45) is 0 Å². The summed E-state index contributed by atoms with van der Waals surface area (Å²) in [6.07, 6.45) is 2.58. The number of hydrogen-bond donors (Lipinski definition) is 1. The van der Waals surface area contributed by atoms with Gasteiger partial charge in [-0.3, -0.25) is 0 Å². The van der Waals surface area contributed by atoms with Crippen LogP contribution in [-0.4, -0.2) is 40.5 Å². The minimum Gasteiger partial charge on any atom is -0.366 e. The Morgan fingerprint density at radius 2 is 1.94 bits per heavy atom. The number of aromatic nitrogens is 2. The molecule has 0 aliphatic carbocycles. The average molecular weight is 236 g/mol. The Morgan fingerprint density at radius 3 is 2.53 bits per heavy atom. The van der Waals surface area contributed by atoms with Gasteiger partial charge >= 0.3 is 0 Å². The van der Waals surface area contributed by atoms with Crippen LogP contribution in [0.15, 0.2) is 12.4 Å². The summed E-state index contributed by atoms with van der Waals surface area (Å²) < 4.78 is 0. The molecule has 0 saturated carbocycles. The molecule has 4 nitrogen and oxygen atoms in total. The molecule has 0 radical (unpaired) electrons. The van der Waals surface area contributed by atoms with Crippen molar-refractivity contribution >= 4 is 5.82 Å². The minimum absolute atomic E-state index is 0.398. The number of nitrogens with one attached hydrogen (secondary N) is 1. The molecule has 0 bridgehead atoms. The molecule has 0 aromatic carbocycles. The SMILES string of the molecule is CCc1cc(NC(C)CN(CC)CC)ncn1. The first-order chi connectivity index (χ1) is 8.19. The van der Waals surface area contributed by atoms with Crippen LogP contribution in [-0.2, 0) is 6.42 Å². The van der Waals surface area contributed by atoms with Crippen LogP contribution in [0.4, 0.5) is 5.82 Å². The van der Waals surface area contributed by atoms with Crippen molar-refractivity contribution in [2.75, 3.05) is 25.0 Å². The molecule has 0 fully saturated rings. The quantitative estimate of drug-likeness (QED) is 0.788. The highest BCUT2D eigenvalue weighted by atomic mass is 15.1. The van der Waals surface area contributed by atoms with Gasteiger partial charge in [0.15, 0.2) is 0 Å². The molecule has 1 rings (SSSR count). The zero-order chi connectivity index (χ0) is 12.7. The molecular weight excluding hydrogens is 212 g/mol. The van der Waals surface area contributed by atoms with E-state index >= 15 is 0 Å². The molecular formula is C13H24N4. The number of anilines is 1. The summed E-state index contributed by atoms with van der Waals surface area (Å²) in [5.74, 6) is 0.927. The van der Waals surface area contributed by atoms with Crippen molar-refractivity contribution in [1.82, 2.24) is 14.9 Å². The van der Waals surface area contributed by atoms with Crippen molar-refractivity contribution in [3.05, 3.63) is 18.1 Å². The highest BCUT2D eigenvalue weighted by molar-refractivity contribution is 5.35. The van der Waals surface area contributed by atoms with Gasteiger partial charge in [0.2, 0.25) is 0 Å². The maximum absolute atomic E-state index is 4.25. The van der Waals surface area contributed by atoms with Crippen LogP contribution in [0.25, 0.3) is 0 Å². The summed E-state index contributed by atoms with van der Waals surface area (Å²) in [4.78, 5) is 10.8. The van der Waals surface area contributed by atoms with E-state index in [1.54, 1.807) is 6.33 Å². The molecule has 1 atom stereocenters. The molecule has 0 amide bonds. The molecule has 4 heteroatoms. The molecule has 0 aliphatic rings. The van der Waals surface area contributed by atoms with E-state index in [1.807, 2.05) is 6.07 Å². The maximum atomic E-state index is 4.25. The van der Waals surface area contributed by atoms with Gasteiger partial charge in [-0.15, -0.1) is 0 Å². The number of aryl methyl sites for hydroxylation is 1. The van der Waals surface area contributed by atoms with E-state index in [0.717, 1.165) is 37.6 Å². The predicted molar refractivity (Wildman–Crippen MR) is 72.3 cm³/mol. The van der Waals surface area contributed by atoms with E-state index in [-0.39, 0.29) is 0 Å². The third kappa shape index (κ3) is 4.69. The molecule has 17 heavy (non-hydrogen) atoms. The van der Waals surface area contributed by atoms with Gasteiger partial charge < -0.3 is 10.2 Å². The van der Waals surface area contributed by atoms with Gasteiger partial charge in [-0.05, 0) is 26.4 Å². The standard InChI is InChI=1S/C13H24N4/c1-5-12-8-13(15-10-14-12)16-11(4)9-17(6-2)7-3/h8,10-11H,5-7,9H2,1-4H3,(H,14,15,16). The van der Waals surface area contributed by atoms with Gasteiger partial charge in [0.25, 0.3) is 0 Å². The second kappa shape index (κ2) is 7.22. The fraction of sp³-hybridized carbons (Fsp3) is 0.692. The second-order valence-electron chi connectivity index (χ2n) is 4.28. The predicted octanol–water partition coefficient (Wildman–Crippen LogP) is 2.18. The number of nitrogens with zero attached hydrogens (tertiary/aromatic N) is 3. The summed E-state index contributed by atoms with van der Waals surface area (Å²) in [6, 6.07) is 2.42. The summed E-state index contributed by atoms with van der Waals surface area (Å²) in [7, 11) is 0. The zero-order valence-electron chi connectivity index (χ0n) is 11.4. The van der Waals surface area contributed by atoms with Gasteiger partial charge in [-0.25, -0.2) is 9.97 Å². The average Bonchev–Trinajstić information content (AvgIpc) is 2.36. The van der Waals surface area contributed by atoms with Crippen LogP contribution >= 0.6 is 0 Å². The van der Waals surface area contributed by atoms with E-state index in [1.165, 1.54) is 0 Å². The Balaban J connectivity index is 2.52. The Kier molecular flexibility index (Phi) is 5.91. The van der Waals surface area contributed by atoms with Gasteiger partial charge in [0.1, 0.15) is 12.1 Å². The minimum atomic E-state index is 0.398. The monoisotopic (exact) mass is 236 g/mol. The topological polar surface area (TPSA) is 41.0 Å². The van der Waals surface area contributed by atoms with Crippen molar-refractivity contribution < 1.29 is 0 Å². The highest BCUT2D eigenvalue weighted by Crippen LogP contribution is 2.06. The van der Waals surface area contributed by atoms with E-state index < -0.39 is 0 Å². The molecule has 0 saturated heterocycles. The first-order valence-corrected chi connectivity index (χ1v) is 6.49. The van der Waals surface area contributed by atoms with Crippen LogP contribution in [0.2, 0.25) is 0 Å². The van der Waals surface area contributed by atoms with Crippen molar-refractivity contribution in [1.29, 1.82) is 0 Å².